The fourth-order valence-electron chi connectivity index (χ4n) is 1.54. The molecule has 0 spiro atoms. The maximum atomic E-state index is 12.0. The highest BCUT2D eigenvalue weighted by Gasteiger charge is 2.09. The van der Waals surface area contributed by atoms with Gasteiger partial charge in [0.2, 0.25) is 0 Å². The van der Waals surface area contributed by atoms with Crippen molar-refractivity contribution in [1.29, 1.82) is 0 Å². The van der Waals surface area contributed by atoms with E-state index in [4.69, 9.17) is 47.0 Å². The largest absolute Gasteiger partial charge is 0.332 e. The molecule has 21 heavy (non-hydrogen) atoms. The number of rotatable bonds is 2. The summed E-state index contributed by atoms with van der Waals surface area (Å²) in [5, 5.41) is 6.87. The normalized spacial score (nSPS) is 10.0. The molecule has 2 aromatic carbocycles. The van der Waals surface area contributed by atoms with Crippen LogP contribution in [0.2, 0.25) is 15.1 Å². The van der Waals surface area contributed by atoms with Crippen LogP contribution < -0.4 is 10.6 Å². The molecule has 0 heterocycles. The Morgan fingerprint density at radius 1 is 1.00 bits per heavy atom. The van der Waals surface area contributed by atoms with Crippen molar-refractivity contribution in [3.05, 3.63) is 63.1 Å². The zero-order valence-corrected chi connectivity index (χ0v) is 13.6. The molecule has 2 aromatic rings. The second-order valence-corrected chi connectivity index (χ2v) is 5.71. The SMILES string of the molecule is O=C(NC(=S)Nc1ccc(Cl)c(Cl)c1)c1cccc(Cl)c1. The molecule has 0 aliphatic rings. The first-order valence-corrected chi connectivity index (χ1v) is 7.33. The molecule has 7 heteroatoms. The predicted molar refractivity (Wildman–Crippen MR) is 91.6 cm³/mol. The average molecular weight is 360 g/mol. The van der Waals surface area contributed by atoms with Crippen LogP contribution in [0.25, 0.3) is 0 Å². The molecule has 0 fully saturated rings. The average Bonchev–Trinajstić information content (AvgIpc) is 2.43. The Morgan fingerprint density at radius 3 is 2.43 bits per heavy atom. The number of hydrogen-bond donors (Lipinski definition) is 2. The van der Waals surface area contributed by atoms with Crippen LogP contribution in [-0.4, -0.2) is 11.0 Å². The zero-order valence-electron chi connectivity index (χ0n) is 10.5. The second-order valence-electron chi connectivity index (χ2n) is 4.05. The van der Waals surface area contributed by atoms with E-state index in [2.05, 4.69) is 10.6 Å². The van der Waals surface area contributed by atoms with Crippen LogP contribution in [0.5, 0.6) is 0 Å². The lowest BCUT2D eigenvalue weighted by Crippen LogP contribution is -2.34. The monoisotopic (exact) mass is 358 g/mol. The lowest BCUT2D eigenvalue weighted by molar-refractivity contribution is 0.0977. The Kier molecular flexibility index (Phi) is 5.42. The Balaban J connectivity index is 2.01. The van der Waals surface area contributed by atoms with E-state index in [1.807, 2.05) is 0 Å². The summed E-state index contributed by atoms with van der Waals surface area (Å²) in [7, 11) is 0. The molecule has 0 aliphatic carbocycles. The van der Waals surface area contributed by atoms with Gasteiger partial charge in [-0.2, -0.15) is 0 Å². The summed E-state index contributed by atoms with van der Waals surface area (Å²) in [5.74, 6) is -0.352. The minimum Gasteiger partial charge on any atom is -0.332 e. The van der Waals surface area contributed by atoms with Crippen molar-refractivity contribution in [1.82, 2.24) is 5.32 Å². The number of amides is 1. The standard InChI is InChI=1S/C14H9Cl3N2OS/c15-9-3-1-2-8(6-9)13(20)19-14(21)18-10-4-5-11(16)12(17)7-10/h1-7H,(H2,18,19,20,21). The predicted octanol–water partition coefficient (Wildman–Crippen LogP) is 4.77. The molecule has 0 radical (unpaired) electrons. The van der Waals surface area contributed by atoms with Gasteiger partial charge in [-0.15, -0.1) is 0 Å². The number of halogens is 3. The van der Waals surface area contributed by atoms with E-state index in [0.29, 0.717) is 26.3 Å². The molecule has 0 saturated carbocycles. The number of benzene rings is 2. The number of thiocarbonyl (C=S) groups is 1. The summed E-state index contributed by atoms with van der Waals surface area (Å²) in [5.41, 5.74) is 1.04. The van der Waals surface area contributed by atoms with Gasteiger partial charge in [0.15, 0.2) is 5.11 Å². The minimum absolute atomic E-state index is 0.151. The van der Waals surface area contributed by atoms with Crippen molar-refractivity contribution < 1.29 is 4.79 Å². The Morgan fingerprint density at radius 2 is 1.76 bits per heavy atom. The molecule has 0 bridgehead atoms. The molecule has 0 unspecified atom stereocenters. The maximum absolute atomic E-state index is 12.0. The van der Waals surface area contributed by atoms with Gasteiger partial charge >= 0.3 is 0 Å². The third kappa shape index (κ3) is 4.58. The van der Waals surface area contributed by atoms with E-state index in [1.54, 1.807) is 42.5 Å². The third-order valence-corrected chi connectivity index (χ3v) is 3.67. The fourth-order valence-corrected chi connectivity index (χ4v) is 2.24. The van der Waals surface area contributed by atoms with Crippen LogP contribution in [0.1, 0.15) is 10.4 Å². The molecule has 3 nitrogen and oxygen atoms in total. The van der Waals surface area contributed by atoms with E-state index in [9.17, 15) is 4.79 Å². The van der Waals surface area contributed by atoms with Crippen molar-refractivity contribution in [3.63, 3.8) is 0 Å². The molecule has 0 aromatic heterocycles. The van der Waals surface area contributed by atoms with E-state index < -0.39 is 0 Å². The Labute approximate surface area is 142 Å². The van der Waals surface area contributed by atoms with Crippen LogP contribution in [0.4, 0.5) is 5.69 Å². The minimum atomic E-state index is -0.352. The highest BCUT2D eigenvalue weighted by molar-refractivity contribution is 7.80. The summed E-state index contributed by atoms with van der Waals surface area (Å²) in [6.45, 7) is 0. The van der Waals surface area contributed by atoms with Gasteiger partial charge in [-0.05, 0) is 48.6 Å². The van der Waals surface area contributed by atoms with E-state index in [1.165, 1.54) is 0 Å². The van der Waals surface area contributed by atoms with E-state index in [-0.39, 0.29) is 11.0 Å². The first-order chi connectivity index (χ1) is 9.95. The molecule has 1 amide bonds. The van der Waals surface area contributed by atoms with Gasteiger partial charge in [-0.1, -0.05) is 40.9 Å². The van der Waals surface area contributed by atoms with Crippen molar-refractivity contribution in [2.45, 2.75) is 0 Å². The number of anilines is 1. The third-order valence-electron chi connectivity index (χ3n) is 2.49. The Bertz CT molecular complexity index is 706. The van der Waals surface area contributed by atoms with Crippen LogP contribution in [0.3, 0.4) is 0 Å². The van der Waals surface area contributed by atoms with Crippen LogP contribution in [0, 0.1) is 0 Å². The summed E-state index contributed by atoms with van der Waals surface area (Å²) >= 11 is 22.6. The van der Waals surface area contributed by atoms with Gasteiger partial charge in [0, 0.05) is 16.3 Å². The highest BCUT2D eigenvalue weighted by atomic mass is 35.5. The van der Waals surface area contributed by atoms with Crippen molar-refractivity contribution >= 4 is 63.7 Å². The molecule has 108 valence electrons. The topological polar surface area (TPSA) is 41.1 Å². The summed E-state index contributed by atoms with van der Waals surface area (Å²) in [4.78, 5) is 12.0. The van der Waals surface area contributed by atoms with Gasteiger partial charge in [-0.3, -0.25) is 10.1 Å². The lowest BCUT2D eigenvalue weighted by atomic mass is 10.2. The molecule has 0 atom stereocenters. The van der Waals surface area contributed by atoms with Crippen molar-refractivity contribution in [2.24, 2.45) is 0 Å². The summed E-state index contributed by atoms with van der Waals surface area (Å²) in [6, 6.07) is 11.5. The maximum Gasteiger partial charge on any atom is 0.257 e. The van der Waals surface area contributed by atoms with Crippen LogP contribution >= 0.6 is 47.0 Å². The molecule has 0 saturated heterocycles. The first-order valence-electron chi connectivity index (χ1n) is 5.78. The van der Waals surface area contributed by atoms with Crippen molar-refractivity contribution in [2.75, 3.05) is 5.32 Å². The van der Waals surface area contributed by atoms with Crippen LogP contribution in [-0.2, 0) is 0 Å². The van der Waals surface area contributed by atoms with Crippen LogP contribution in [0.15, 0.2) is 42.5 Å². The first kappa shape index (κ1) is 16.0. The molecule has 0 aliphatic heterocycles. The van der Waals surface area contributed by atoms with Gasteiger partial charge in [0.25, 0.3) is 5.91 Å². The van der Waals surface area contributed by atoms with Gasteiger partial charge in [0.1, 0.15) is 0 Å². The number of carbonyl (C=O) groups is 1. The number of nitrogens with one attached hydrogen (secondary N) is 2. The van der Waals surface area contributed by atoms with E-state index in [0.717, 1.165) is 0 Å². The smallest absolute Gasteiger partial charge is 0.257 e. The van der Waals surface area contributed by atoms with Crippen molar-refractivity contribution in [3.8, 4) is 0 Å². The highest BCUT2D eigenvalue weighted by Crippen LogP contribution is 2.24. The lowest BCUT2D eigenvalue weighted by Gasteiger charge is -2.10. The quantitative estimate of drug-likeness (QED) is 0.759. The van der Waals surface area contributed by atoms with Gasteiger partial charge in [-0.25, -0.2) is 0 Å². The summed E-state index contributed by atoms with van der Waals surface area (Å²) in [6.07, 6.45) is 0. The molecular formula is C14H9Cl3N2OS. The second kappa shape index (κ2) is 7.09. The molecule has 2 rings (SSSR count). The summed E-state index contributed by atoms with van der Waals surface area (Å²) < 4.78 is 0. The fraction of sp³-hybridized carbons (Fsp3) is 0. The van der Waals surface area contributed by atoms with Gasteiger partial charge in [0.05, 0.1) is 10.0 Å². The van der Waals surface area contributed by atoms with Gasteiger partial charge < -0.3 is 5.32 Å². The zero-order chi connectivity index (χ0) is 15.4. The van der Waals surface area contributed by atoms with E-state index >= 15 is 0 Å². The molecule has 2 N–H and O–H groups in total. The number of carbonyl (C=O) groups excluding carboxylic acids is 1. The Hall–Kier alpha value is -1.33. The number of hydrogen-bond acceptors (Lipinski definition) is 2. The molecular weight excluding hydrogens is 351 g/mol.